The summed E-state index contributed by atoms with van der Waals surface area (Å²) < 4.78 is 20.7. The second kappa shape index (κ2) is 8.14. The summed E-state index contributed by atoms with van der Waals surface area (Å²) in [6.07, 6.45) is 4.16. The van der Waals surface area contributed by atoms with Gasteiger partial charge in [0.1, 0.15) is 29.6 Å². The molecular weight excluding hydrogens is 421 g/mol. The Balaban J connectivity index is 0.00000274. The Morgan fingerprint density at radius 1 is 1.06 bits per heavy atom. The van der Waals surface area contributed by atoms with Crippen LogP contribution in [-0.2, 0) is 0 Å². The quantitative estimate of drug-likeness (QED) is 0.366. The molecule has 5 aromatic rings. The van der Waals surface area contributed by atoms with Gasteiger partial charge in [-0.05, 0) is 49.7 Å². The second-order valence-corrected chi connectivity index (χ2v) is 8.30. The molecule has 7 nitrogen and oxygen atoms in total. The normalized spacial score (nSPS) is 12.7. The van der Waals surface area contributed by atoms with E-state index in [9.17, 15) is 9.50 Å². The number of hydrogen-bond acceptors (Lipinski definition) is 6. The Morgan fingerprint density at radius 3 is 2.58 bits per heavy atom. The number of aliphatic hydroxyl groups is 1. The van der Waals surface area contributed by atoms with Gasteiger partial charge < -0.3 is 14.8 Å². The Labute approximate surface area is 191 Å². The van der Waals surface area contributed by atoms with Gasteiger partial charge in [-0.15, -0.1) is 0 Å². The van der Waals surface area contributed by atoms with Gasteiger partial charge >= 0.3 is 5.84 Å². The zero-order valence-corrected chi connectivity index (χ0v) is 18.1. The highest BCUT2D eigenvalue weighted by atomic mass is 19.1. The largest absolute Gasteiger partial charge is 0.432 e. The first-order chi connectivity index (χ1) is 15.9. The van der Waals surface area contributed by atoms with E-state index in [1.165, 1.54) is 12.1 Å². The molecule has 0 amide bonds. The van der Waals surface area contributed by atoms with Crippen LogP contribution in [0.1, 0.15) is 26.9 Å². The zero-order chi connectivity index (χ0) is 23.0. The molecule has 2 N–H and O–H groups in total. The Kier molecular flexibility index (Phi) is 5.14. The van der Waals surface area contributed by atoms with Crippen molar-refractivity contribution in [3.8, 4) is 22.6 Å². The summed E-state index contributed by atoms with van der Waals surface area (Å²) in [5.74, 6) is 0.434. The molecule has 0 saturated heterocycles. The number of nitrogens with one attached hydrogen (secondary N) is 1. The molecule has 0 saturated carbocycles. The predicted octanol–water partition coefficient (Wildman–Crippen LogP) is 5.36. The fourth-order valence-electron chi connectivity index (χ4n) is 3.80. The lowest BCUT2D eigenvalue weighted by Crippen LogP contribution is -2.38. The van der Waals surface area contributed by atoms with Crippen molar-refractivity contribution in [2.45, 2.75) is 25.5 Å². The highest BCUT2D eigenvalue weighted by molar-refractivity contribution is 5.79. The molecule has 8 heteroatoms. The lowest BCUT2D eigenvalue weighted by Gasteiger charge is -2.32. The van der Waals surface area contributed by atoms with E-state index in [-0.39, 0.29) is 7.24 Å². The van der Waals surface area contributed by atoms with E-state index < -0.39 is 11.6 Å². The van der Waals surface area contributed by atoms with Crippen LogP contribution in [0, 0.1) is 5.82 Å². The maximum Gasteiger partial charge on any atom is 0.306 e. The Hall–Kier alpha value is -4.04. The van der Waals surface area contributed by atoms with Crippen LogP contribution in [0.4, 0.5) is 10.3 Å². The van der Waals surface area contributed by atoms with Crippen molar-refractivity contribution in [1.29, 1.82) is 0 Å². The lowest BCUT2D eigenvalue weighted by molar-refractivity contribution is 0.115. The number of aliphatic hydroxyl groups excluding tert-OH is 1. The predicted molar refractivity (Wildman–Crippen MR) is 125 cm³/mol. The fourth-order valence-corrected chi connectivity index (χ4v) is 3.80. The van der Waals surface area contributed by atoms with Crippen LogP contribution in [0.3, 0.4) is 0 Å². The van der Waals surface area contributed by atoms with Crippen molar-refractivity contribution in [2.24, 2.45) is 0 Å². The lowest BCUT2D eigenvalue weighted by atomic mass is 9.91. The van der Waals surface area contributed by atoms with Crippen LogP contribution in [0.15, 0.2) is 83.7 Å². The van der Waals surface area contributed by atoms with Crippen molar-refractivity contribution in [3.05, 3.63) is 90.7 Å². The molecule has 3 heterocycles. The molecule has 0 spiro atoms. The first-order valence-electron chi connectivity index (χ1n) is 10.5. The number of hydrogen-bond donors (Lipinski definition) is 2. The minimum Gasteiger partial charge on any atom is -0.432 e. The van der Waals surface area contributed by atoms with Crippen molar-refractivity contribution in [2.75, 3.05) is 5.32 Å². The van der Waals surface area contributed by atoms with E-state index in [1.54, 1.807) is 41.3 Å². The van der Waals surface area contributed by atoms with Crippen LogP contribution in [0.2, 0.25) is 0 Å². The molecule has 3 aromatic heterocycles. The van der Waals surface area contributed by atoms with Crippen molar-refractivity contribution in [1.82, 2.24) is 19.4 Å². The molecule has 1 atom stereocenters. The van der Waals surface area contributed by atoms with Crippen LogP contribution in [0.5, 0.6) is 0 Å². The number of benzene rings is 2. The minimum atomic E-state index is -0.781. The highest BCUT2D eigenvalue weighted by Crippen LogP contribution is 2.33. The Bertz CT molecular complexity index is 1400. The van der Waals surface area contributed by atoms with Gasteiger partial charge in [0.2, 0.25) is 5.95 Å². The zero-order valence-electron chi connectivity index (χ0n) is 18.1. The minimum absolute atomic E-state index is 0. The number of imidazole rings is 1. The summed E-state index contributed by atoms with van der Waals surface area (Å²) in [5, 5.41) is 14.2. The van der Waals surface area contributed by atoms with Crippen molar-refractivity contribution < 1.29 is 15.3 Å². The van der Waals surface area contributed by atoms with Crippen LogP contribution in [0.25, 0.3) is 28.5 Å². The van der Waals surface area contributed by atoms with Crippen LogP contribution < -0.4 is 5.32 Å². The summed E-state index contributed by atoms with van der Waals surface area (Å²) in [7, 11) is 0. The van der Waals surface area contributed by atoms with Crippen molar-refractivity contribution in [3.63, 3.8) is 0 Å². The molecule has 0 radical (unpaired) electrons. The van der Waals surface area contributed by atoms with Crippen LogP contribution >= 0.6 is 0 Å². The molecule has 1 unspecified atom stereocenters. The number of oxazole rings is 1. The van der Waals surface area contributed by atoms with Gasteiger partial charge in [-0.25, -0.2) is 14.4 Å². The van der Waals surface area contributed by atoms with E-state index in [0.29, 0.717) is 28.9 Å². The molecule has 0 aliphatic carbocycles. The molecule has 0 aliphatic rings. The molecule has 0 fully saturated rings. The topological polar surface area (TPSA) is 88.5 Å². The average molecular weight is 445 g/mol. The van der Waals surface area contributed by atoms with Gasteiger partial charge in [0, 0.05) is 19.4 Å². The number of nitrogens with zero attached hydrogens (tertiary/aromatic N) is 4. The van der Waals surface area contributed by atoms with E-state index in [4.69, 9.17) is 9.40 Å². The molecule has 0 aliphatic heterocycles. The second-order valence-electron chi connectivity index (χ2n) is 8.30. The number of fused-ring (bicyclic) bond motifs is 1. The molecule has 168 valence electrons. The summed E-state index contributed by atoms with van der Waals surface area (Å²) in [4.78, 5) is 13.6. The third-order valence-electron chi connectivity index (χ3n) is 5.51. The maximum absolute atomic E-state index is 13.5. The van der Waals surface area contributed by atoms with Gasteiger partial charge in [-0.3, -0.25) is 4.40 Å². The van der Waals surface area contributed by atoms with Gasteiger partial charge in [-0.2, -0.15) is 4.98 Å². The number of rotatable bonds is 6. The van der Waals surface area contributed by atoms with E-state index in [1.807, 2.05) is 44.2 Å². The summed E-state index contributed by atoms with van der Waals surface area (Å²) in [5.41, 5.74) is 2.69. The number of aromatic nitrogens is 4. The number of halogens is 1. The van der Waals surface area contributed by atoms with Gasteiger partial charge in [0.05, 0.1) is 11.2 Å². The number of anilines is 1. The SMILES string of the molecule is CC(C)(Nc1nccc(-c2c(-c3ccc(F)cc3)nc3occn23)n1)C(O)c1ccccc1.[HH]. The molecule has 0 bridgehead atoms. The smallest absolute Gasteiger partial charge is 0.306 e. The average Bonchev–Trinajstić information content (AvgIpc) is 3.41. The third-order valence-corrected chi connectivity index (χ3v) is 5.51. The summed E-state index contributed by atoms with van der Waals surface area (Å²) in [6, 6.07) is 17.3. The monoisotopic (exact) mass is 445 g/mol. The summed E-state index contributed by atoms with van der Waals surface area (Å²) in [6.45, 7) is 3.77. The van der Waals surface area contributed by atoms with Crippen molar-refractivity contribution >= 4 is 11.8 Å². The first kappa shape index (κ1) is 20.8. The van der Waals surface area contributed by atoms with Gasteiger partial charge in [0.15, 0.2) is 0 Å². The van der Waals surface area contributed by atoms with Gasteiger partial charge in [0.25, 0.3) is 0 Å². The van der Waals surface area contributed by atoms with Crippen LogP contribution in [-0.4, -0.2) is 30.0 Å². The van der Waals surface area contributed by atoms with Gasteiger partial charge in [-0.1, -0.05) is 30.3 Å². The fraction of sp³-hybridized carbons (Fsp3) is 0.160. The van der Waals surface area contributed by atoms with E-state index in [0.717, 1.165) is 11.1 Å². The standard InChI is InChI=1S/C25H22FN5O2.H2/c1-25(2,22(32)17-6-4-3-5-7-17)30-23-27-13-12-19(28-23)21-20(16-8-10-18(26)11-9-16)29-24-31(21)14-15-33-24;/h3-15,22,32H,1-2H3,(H,27,28,30);1H. The van der Waals surface area contributed by atoms with E-state index in [2.05, 4.69) is 15.3 Å². The van der Waals surface area contributed by atoms with E-state index >= 15 is 0 Å². The third kappa shape index (κ3) is 3.96. The Morgan fingerprint density at radius 2 is 1.82 bits per heavy atom. The first-order valence-corrected chi connectivity index (χ1v) is 10.5. The molecular formula is C25H24FN5O2. The maximum atomic E-state index is 13.5. The molecule has 5 rings (SSSR count). The molecule has 33 heavy (non-hydrogen) atoms. The molecule has 2 aromatic carbocycles. The summed E-state index contributed by atoms with van der Waals surface area (Å²) >= 11 is 0. The highest BCUT2D eigenvalue weighted by Gasteiger charge is 2.30.